The highest BCUT2D eigenvalue weighted by Crippen LogP contribution is 2.27. The van der Waals surface area contributed by atoms with Crippen LogP contribution in [0.5, 0.6) is 5.75 Å². The van der Waals surface area contributed by atoms with E-state index in [2.05, 4.69) is 9.97 Å². The molecule has 2 aromatic rings. The van der Waals surface area contributed by atoms with Crippen LogP contribution in [0.2, 0.25) is 5.28 Å². The van der Waals surface area contributed by atoms with Gasteiger partial charge in [-0.05, 0) is 36.7 Å². The van der Waals surface area contributed by atoms with Gasteiger partial charge in [0.15, 0.2) is 0 Å². The van der Waals surface area contributed by atoms with Crippen molar-refractivity contribution < 1.29 is 5.11 Å². The Hall–Kier alpha value is -1.55. The average Bonchev–Trinajstić information content (AvgIpc) is 2.27. The molecule has 1 heterocycles. The molecule has 0 aliphatic carbocycles. The van der Waals surface area contributed by atoms with E-state index in [4.69, 9.17) is 11.6 Å². The maximum atomic E-state index is 9.47. The molecule has 4 nitrogen and oxygen atoms in total. The van der Waals surface area contributed by atoms with Gasteiger partial charge in [-0.1, -0.05) is 0 Å². The van der Waals surface area contributed by atoms with Crippen molar-refractivity contribution in [2.24, 2.45) is 0 Å². The number of anilines is 1. The lowest BCUT2D eigenvalue weighted by atomic mass is 10.2. The van der Waals surface area contributed by atoms with E-state index in [0.717, 1.165) is 23.3 Å². The molecular formula is C11H12ClN3O. The molecule has 84 valence electrons. The lowest BCUT2D eigenvalue weighted by Gasteiger charge is -2.17. The van der Waals surface area contributed by atoms with Crippen LogP contribution in [-0.4, -0.2) is 28.7 Å². The molecule has 0 bridgehead atoms. The third-order valence-corrected chi connectivity index (χ3v) is 2.64. The Morgan fingerprint density at radius 2 is 2.12 bits per heavy atom. The number of hydrogen-bond acceptors (Lipinski definition) is 4. The van der Waals surface area contributed by atoms with E-state index in [9.17, 15) is 5.11 Å². The van der Waals surface area contributed by atoms with E-state index in [1.165, 1.54) is 0 Å². The van der Waals surface area contributed by atoms with E-state index < -0.39 is 0 Å². The van der Waals surface area contributed by atoms with Gasteiger partial charge in [0.1, 0.15) is 11.6 Å². The molecule has 0 unspecified atom stereocenters. The number of aromatic hydroxyl groups is 1. The van der Waals surface area contributed by atoms with Crippen molar-refractivity contribution in [2.45, 2.75) is 6.92 Å². The summed E-state index contributed by atoms with van der Waals surface area (Å²) in [5.41, 5.74) is 0.730. The zero-order chi connectivity index (χ0) is 11.7. The molecular weight excluding hydrogens is 226 g/mol. The lowest BCUT2D eigenvalue weighted by Crippen LogP contribution is -2.17. The summed E-state index contributed by atoms with van der Waals surface area (Å²) in [6, 6.07) is 4.96. The Balaban J connectivity index is 2.74. The molecule has 16 heavy (non-hydrogen) atoms. The van der Waals surface area contributed by atoms with Gasteiger partial charge >= 0.3 is 0 Å². The number of nitrogens with zero attached hydrogens (tertiary/aromatic N) is 3. The van der Waals surface area contributed by atoms with Crippen LogP contribution < -0.4 is 4.90 Å². The molecule has 1 aromatic heterocycles. The maximum Gasteiger partial charge on any atom is 0.224 e. The molecule has 0 saturated heterocycles. The molecule has 0 fully saturated rings. The minimum atomic E-state index is 0.198. The Morgan fingerprint density at radius 3 is 2.81 bits per heavy atom. The highest BCUT2D eigenvalue weighted by molar-refractivity contribution is 6.28. The Morgan fingerprint density at radius 1 is 1.38 bits per heavy atom. The van der Waals surface area contributed by atoms with E-state index in [0.29, 0.717) is 0 Å². The molecule has 0 atom stereocenters. The first kappa shape index (κ1) is 11.0. The quantitative estimate of drug-likeness (QED) is 0.816. The predicted octanol–water partition coefficient (Wildman–Crippen LogP) is 2.44. The number of fused-ring (bicyclic) bond motifs is 1. The van der Waals surface area contributed by atoms with E-state index in [1.807, 2.05) is 18.9 Å². The fourth-order valence-electron chi connectivity index (χ4n) is 1.51. The summed E-state index contributed by atoms with van der Waals surface area (Å²) < 4.78 is 0. The zero-order valence-electron chi connectivity index (χ0n) is 9.11. The van der Waals surface area contributed by atoms with Crippen molar-refractivity contribution in [1.82, 2.24) is 9.97 Å². The average molecular weight is 238 g/mol. The third-order valence-electron chi connectivity index (χ3n) is 2.47. The summed E-state index contributed by atoms with van der Waals surface area (Å²) in [6.45, 7) is 2.82. The number of phenols is 1. The van der Waals surface area contributed by atoms with Crippen LogP contribution in [0.15, 0.2) is 18.2 Å². The highest BCUT2D eigenvalue weighted by Gasteiger charge is 2.10. The largest absolute Gasteiger partial charge is 0.508 e. The fraction of sp³-hybridized carbons (Fsp3) is 0.273. The van der Waals surface area contributed by atoms with Gasteiger partial charge < -0.3 is 10.0 Å². The lowest BCUT2D eigenvalue weighted by molar-refractivity contribution is 0.476. The smallest absolute Gasteiger partial charge is 0.224 e. The zero-order valence-corrected chi connectivity index (χ0v) is 9.86. The second kappa shape index (κ2) is 4.14. The summed E-state index contributed by atoms with van der Waals surface area (Å²) in [4.78, 5) is 10.2. The summed E-state index contributed by atoms with van der Waals surface area (Å²) >= 11 is 5.85. The first-order chi connectivity index (χ1) is 7.61. The van der Waals surface area contributed by atoms with Crippen LogP contribution in [0.25, 0.3) is 10.9 Å². The SMILES string of the molecule is CCN(C)c1nc(Cl)nc2ccc(O)cc12. The molecule has 0 aliphatic rings. The monoisotopic (exact) mass is 237 g/mol. The molecule has 0 aliphatic heterocycles. The van der Waals surface area contributed by atoms with Crippen LogP contribution in [0, 0.1) is 0 Å². The number of halogens is 1. The summed E-state index contributed by atoms with van der Waals surface area (Å²) in [7, 11) is 1.92. The van der Waals surface area contributed by atoms with Crippen LogP contribution in [-0.2, 0) is 0 Å². The normalized spacial score (nSPS) is 10.7. The van der Waals surface area contributed by atoms with Crippen molar-refractivity contribution in [1.29, 1.82) is 0 Å². The molecule has 1 aromatic carbocycles. The summed E-state index contributed by atoms with van der Waals surface area (Å²) in [5.74, 6) is 0.928. The molecule has 2 rings (SSSR count). The van der Waals surface area contributed by atoms with Gasteiger partial charge in [-0.25, -0.2) is 4.98 Å². The van der Waals surface area contributed by atoms with Gasteiger partial charge in [0.25, 0.3) is 0 Å². The number of hydrogen-bond donors (Lipinski definition) is 1. The van der Waals surface area contributed by atoms with Crippen LogP contribution in [0.3, 0.4) is 0 Å². The predicted molar refractivity (Wildman–Crippen MR) is 65.2 cm³/mol. The van der Waals surface area contributed by atoms with E-state index in [-0.39, 0.29) is 11.0 Å². The van der Waals surface area contributed by atoms with Crippen molar-refractivity contribution in [3.05, 3.63) is 23.5 Å². The van der Waals surface area contributed by atoms with Gasteiger partial charge in [0, 0.05) is 19.0 Å². The second-order valence-corrected chi connectivity index (χ2v) is 3.87. The van der Waals surface area contributed by atoms with Gasteiger partial charge in [-0.15, -0.1) is 0 Å². The molecule has 5 heteroatoms. The number of benzene rings is 1. The first-order valence-electron chi connectivity index (χ1n) is 4.99. The minimum Gasteiger partial charge on any atom is -0.508 e. The Bertz CT molecular complexity index is 530. The summed E-state index contributed by atoms with van der Waals surface area (Å²) in [6.07, 6.45) is 0. The van der Waals surface area contributed by atoms with Crippen molar-refractivity contribution >= 4 is 28.3 Å². The standard InChI is InChI=1S/C11H12ClN3O/c1-3-15(2)10-8-6-7(16)4-5-9(8)13-11(12)14-10/h4-6,16H,3H2,1-2H3. The first-order valence-corrected chi connectivity index (χ1v) is 5.37. The number of rotatable bonds is 2. The van der Waals surface area contributed by atoms with Crippen molar-refractivity contribution in [3.8, 4) is 5.75 Å². The minimum absolute atomic E-state index is 0.198. The second-order valence-electron chi connectivity index (χ2n) is 3.53. The van der Waals surface area contributed by atoms with Crippen LogP contribution in [0.4, 0.5) is 5.82 Å². The fourth-order valence-corrected chi connectivity index (χ4v) is 1.68. The molecule has 0 amide bonds. The van der Waals surface area contributed by atoms with Crippen LogP contribution in [0.1, 0.15) is 6.92 Å². The van der Waals surface area contributed by atoms with Gasteiger partial charge in [0.2, 0.25) is 5.28 Å². The topological polar surface area (TPSA) is 49.2 Å². The van der Waals surface area contributed by atoms with E-state index >= 15 is 0 Å². The van der Waals surface area contributed by atoms with Gasteiger partial charge in [-0.2, -0.15) is 4.98 Å². The molecule has 0 saturated carbocycles. The van der Waals surface area contributed by atoms with Crippen LogP contribution >= 0.6 is 11.6 Å². The maximum absolute atomic E-state index is 9.47. The van der Waals surface area contributed by atoms with E-state index in [1.54, 1.807) is 18.2 Å². The molecule has 0 radical (unpaired) electrons. The van der Waals surface area contributed by atoms with Gasteiger partial charge in [-0.3, -0.25) is 0 Å². The molecule has 1 N–H and O–H groups in total. The Kier molecular flexibility index (Phi) is 2.83. The van der Waals surface area contributed by atoms with Gasteiger partial charge in [0.05, 0.1) is 5.52 Å². The Labute approximate surface area is 98.5 Å². The third kappa shape index (κ3) is 1.88. The van der Waals surface area contributed by atoms with Crippen molar-refractivity contribution in [3.63, 3.8) is 0 Å². The van der Waals surface area contributed by atoms with Crippen molar-refractivity contribution in [2.75, 3.05) is 18.5 Å². The summed E-state index contributed by atoms with van der Waals surface area (Å²) in [5, 5.41) is 10.5. The number of phenolic OH excluding ortho intramolecular Hbond substituents is 1. The molecule has 0 spiro atoms. The number of aromatic nitrogens is 2. The highest BCUT2D eigenvalue weighted by atomic mass is 35.5.